The molecule has 22 heavy (non-hydrogen) atoms. The van der Waals surface area contributed by atoms with Gasteiger partial charge in [-0.05, 0) is 53.5 Å². The first-order valence-electron chi connectivity index (χ1n) is 8.30. The molecule has 2 aromatic carbocycles. The highest BCUT2D eigenvalue weighted by Gasteiger charge is 2.43. The molecule has 1 unspecified atom stereocenters. The van der Waals surface area contributed by atoms with Crippen LogP contribution in [0.5, 0.6) is 0 Å². The normalized spacial score (nSPS) is 23.0. The van der Waals surface area contributed by atoms with Crippen LogP contribution in [0.4, 0.5) is 4.39 Å². The number of rotatable bonds is 2. The largest absolute Gasteiger partial charge is 0.207 e. The molecule has 0 nitrogen and oxygen atoms in total. The molecule has 0 aromatic heterocycles. The van der Waals surface area contributed by atoms with Gasteiger partial charge in [0, 0.05) is 5.92 Å². The van der Waals surface area contributed by atoms with Crippen LogP contribution in [0, 0.1) is 11.2 Å². The second kappa shape index (κ2) is 5.39. The van der Waals surface area contributed by atoms with E-state index < -0.39 is 0 Å². The third kappa shape index (κ3) is 2.29. The fourth-order valence-electron chi connectivity index (χ4n) is 4.44. The SMILES string of the molecule is Fc1ccc(C2C=C(c3ccccc3)C3(CCCC3)C2)cc1. The second-order valence-electron chi connectivity index (χ2n) is 6.80. The Kier molecular flexibility index (Phi) is 3.37. The molecule has 4 rings (SSSR count). The molecule has 112 valence electrons. The smallest absolute Gasteiger partial charge is 0.123 e. The highest BCUT2D eigenvalue weighted by atomic mass is 19.1. The van der Waals surface area contributed by atoms with E-state index in [1.165, 1.54) is 48.8 Å². The molecule has 1 saturated carbocycles. The summed E-state index contributed by atoms with van der Waals surface area (Å²) in [6.07, 6.45) is 8.90. The predicted molar refractivity (Wildman–Crippen MR) is 89.1 cm³/mol. The lowest BCUT2D eigenvalue weighted by Crippen LogP contribution is -2.15. The van der Waals surface area contributed by atoms with E-state index in [1.54, 1.807) is 12.1 Å². The molecule has 1 atom stereocenters. The molecule has 0 N–H and O–H groups in total. The van der Waals surface area contributed by atoms with E-state index >= 15 is 0 Å². The molecular formula is C21H21F. The molecule has 2 aromatic rings. The molecule has 1 heteroatoms. The van der Waals surface area contributed by atoms with Crippen LogP contribution in [0.1, 0.15) is 49.1 Å². The van der Waals surface area contributed by atoms with Gasteiger partial charge in [-0.3, -0.25) is 0 Å². The molecule has 1 spiro atoms. The van der Waals surface area contributed by atoms with Crippen LogP contribution in [0.25, 0.3) is 5.57 Å². The number of allylic oxidation sites excluding steroid dienone is 2. The summed E-state index contributed by atoms with van der Waals surface area (Å²) in [6.45, 7) is 0. The monoisotopic (exact) mass is 292 g/mol. The van der Waals surface area contributed by atoms with Crippen LogP contribution in [-0.4, -0.2) is 0 Å². The Morgan fingerprint density at radius 3 is 2.23 bits per heavy atom. The van der Waals surface area contributed by atoms with Gasteiger partial charge in [0.15, 0.2) is 0 Å². The minimum absolute atomic E-state index is 0.149. The molecule has 0 saturated heterocycles. The number of halogens is 1. The minimum atomic E-state index is -0.149. The Hall–Kier alpha value is -1.89. The summed E-state index contributed by atoms with van der Waals surface area (Å²) in [6, 6.07) is 17.9. The third-order valence-corrected chi connectivity index (χ3v) is 5.49. The molecule has 0 radical (unpaired) electrons. The molecule has 2 aliphatic carbocycles. The zero-order valence-electron chi connectivity index (χ0n) is 12.8. The Morgan fingerprint density at radius 1 is 0.864 bits per heavy atom. The van der Waals surface area contributed by atoms with Crippen LogP contribution in [0.2, 0.25) is 0 Å². The second-order valence-corrected chi connectivity index (χ2v) is 6.80. The van der Waals surface area contributed by atoms with Crippen LogP contribution in [-0.2, 0) is 0 Å². The van der Waals surface area contributed by atoms with Gasteiger partial charge in [-0.15, -0.1) is 0 Å². The Balaban J connectivity index is 1.74. The van der Waals surface area contributed by atoms with Gasteiger partial charge < -0.3 is 0 Å². The molecule has 0 aliphatic heterocycles. The topological polar surface area (TPSA) is 0 Å². The Morgan fingerprint density at radius 2 is 1.55 bits per heavy atom. The lowest BCUT2D eigenvalue weighted by Gasteiger charge is -2.28. The maximum Gasteiger partial charge on any atom is 0.123 e. The van der Waals surface area contributed by atoms with Gasteiger partial charge in [0.05, 0.1) is 0 Å². The first-order chi connectivity index (χ1) is 10.8. The molecular weight excluding hydrogens is 271 g/mol. The fourth-order valence-corrected chi connectivity index (χ4v) is 4.44. The van der Waals surface area contributed by atoms with E-state index in [-0.39, 0.29) is 5.82 Å². The van der Waals surface area contributed by atoms with Crippen molar-refractivity contribution in [1.29, 1.82) is 0 Å². The zero-order valence-corrected chi connectivity index (χ0v) is 12.8. The van der Waals surface area contributed by atoms with Crippen molar-refractivity contribution in [1.82, 2.24) is 0 Å². The lowest BCUT2D eigenvalue weighted by atomic mass is 9.75. The molecule has 1 fully saturated rings. The van der Waals surface area contributed by atoms with Gasteiger partial charge in [-0.25, -0.2) is 4.39 Å². The van der Waals surface area contributed by atoms with Crippen molar-refractivity contribution in [2.45, 2.75) is 38.0 Å². The molecule has 0 heterocycles. The quantitative estimate of drug-likeness (QED) is 0.641. The highest BCUT2D eigenvalue weighted by Crippen LogP contribution is 2.58. The summed E-state index contributed by atoms with van der Waals surface area (Å²) in [5.41, 5.74) is 4.49. The summed E-state index contributed by atoms with van der Waals surface area (Å²) < 4.78 is 13.2. The van der Waals surface area contributed by atoms with Crippen LogP contribution in [0.15, 0.2) is 60.7 Å². The van der Waals surface area contributed by atoms with Gasteiger partial charge in [0.1, 0.15) is 5.82 Å². The van der Waals surface area contributed by atoms with Crippen molar-refractivity contribution in [3.05, 3.63) is 77.6 Å². The maximum absolute atomic E-state index is 13.2. The Labute approximate surface area is 131 Å². The van der Waals surface area contributed by atoms with Crippen LogP contribution in [0.3, 0.4) is 0 Å². The van der Waals surface area contributed by atoms with Crippen molar-refractivity contribution in [2.75, 3.05) is 0 Å². The van der Waals surface area contributed by atoms with Crippen LogP contribution < -0.4 is 0 Å². The van der Waals surface area contributed by atoms with Gasteiger partial charge >= 0.3 is 0 Å². The first kappa shape index (κ1) is 13.8. The summed E-state index contributed by atoms with van der Waals surface area (Å²) in [4.78, 5) is 0. The van der Waals surface area contributed by atoms with Crippen molar-refractivity contribution in [3.63, 3.8) is 0 Å². The summed E-state index contributed by atoms with van der Waals surface area (Å²) in [5.74, 6) is 0.276. The fraction of sp³-hybridized carbons (Fsp3) is 0.333. The van der Waals surface area contributed by atoms with Gasteiger partial charge in [-0.2, -0.15) is 0 Å². The zero-order chi connectivity index (χ0) is 15.0. The number of benzene rings is 2. The first-order valence-corrected chi connectivity index (χ1v) is 8.30. The summed E-state index contributed by atoms with van der Waals surface area (Å²) >= 11 is 0. The molecule has 2 aliphatic rings. The average molecular weight is 292 g/mol. The van der Waals surface area contributed by atoms with Crippen molar-refractivity contribution in [2.24, 2.45) is 5.41 Å². The van der Waals surface area contributed by atoms with E-state index in [1.807, 2.05) is 12.1 Å². The number of hydrogen-bond acceptors (Lipinski definition) is 0. The molecule has 0 bridgehead atoms. The predicted octanol–water partition coefficient (Wildman–Crippen LogP) is 5.96. The van der Waals surface area contributed by atoms with E-state index in [0.717, 1.165) is 0 Å². The van der Waals surface area contributed by atoms with Crippen LogP contribution >= 0.6 is 0 Å². The number of hydrogen-bond donors (Lipinski definition) is 0. The van der Waals surface area contributed by atoms with Gasteiger partial charge in [0.2, 0.25) is 0 Å². The summed E-state index contributed by atoms with van der Waals surface area (Å²) in [7, 11) is 0. The minimum Gasteiger partial charge on any atom is -0.207 e. The van der Waals surface area contributed by atoms with Gasteiger partial charge in [-0.1, -0.05) is 61.4 Å². The third-order valence-electron chi connectivity index (χ3n) is 5.49. The average Bonchev–Trinajstić information content (AvgIpc) is 3.17. The summed E-state index contributed by atoms with van der Waals surface area (Å²) in [5, 5.41) is 0. The van der Waals surface area contributed by atoms with Crippen molar-refractivity contribution in [3.8, 4) is 0 Å². The van der Waals surface area contributed by atoms with Crippen molar-refractivity contribution < 1.29 is 4.39 Å². The van der Waals surface area contributed by atoms with E-state index in [0.29, 0.717) is 11.3 Å². The van der Waals surface area contributed by atoms with E-state index in [9.17, 15) is 4.39 Å². The lowest BCUT2D eigenvalue weighted by molar-refractivity contribution is 0.388. The highest BCUT2D eigenvalue weighted by molar-refractivity contribution is 5.74. The standard InChI is InChI=1S/C21H21F/c22-19-10-8-16(9-11-19)18-14-20(17-6-2-1-3-7-17)21(15-18)12-4-5-13-21/h1-3,6-11,14,18H,4-5,12-13,15H2. The van der Waals surface area contributed by atoms with Gasteiger partial charge in [0.25, 0.3) is 0 Å². The Bertz CT molecular complexity index is 676. The van der Waals surface area contributed by atoms with E-state index in [4.69, 9.17) is 0 Å². The van der Waals surface area contributed by atoms with Crippen molar-refractivity contribution >= 4 is 5.57 Å². The maximum atomic E-state index is 13.2. The van der Waals surface area contributed by atoms with E-state index in [2.05, 4.69) is 36.4 Å². The molecule has 0 amide bonds.